The van der Waals surface area contributed by atoms with Crippen molar-refractivity contribution in [1.29, 1.82) is 0 Å². The van der Waals surface area contributed by atoms with Crippen LogP contribution in [0.25, 0.3) is 0 Å². The zero-order chi connectivity index (χ0) is 14.7. The van der Waals surface area contributed by atoms with Gasteiger partial charge in [0.05, 0.1) is 26.0 Å². The lowest BCUT2D eigenvalue weighted by Crippen LogP contribution is -2.18. The third-order valence-electron chi connectivity index (χ3n) is 3.39. The first-order valence-corrected chi connectivity index (χ1v) is 6.50. The van der Waals surface area contributed by atoms with Crippen molar-refractivity contribution in [1.82, 2.24) is 15.1 Å². The van der Waals surface area contributed by atoms with Crippen molar-refractivity contribution >= 4 is 0 Å². The average Bonchev–Trinajstić information content (AvgIpc) is 2.78. The number of hydrogen-bond acceptors (Lipinski definition) is 4. The van der Waals surface area contributed by atoms with Crippen LogP contribution in [0.15, 0.2) is 24.4 Å². The molecule has 1 unspecified atom stereocenters. The van der Waals surface area contributed by atoms with E-state index in [1.807, 2.05) is 50.1 Å². The molecule has 0 saturated carbocycles. The molecule has 2 rings (SSSR count). The Morgan fingerprint density at radius 3 is 2.40 bits per heavy atom. The molecular weight excluding hydrogens is 254 g/mol. The van der Waals surface area contributed by atoms with Crippen LogP contribution < -0.4 is 14.8 Å². The highest BCUT2D eigenvalue weighted by molar-refractivity contribution is 5.46. The Kier molecular flexibility index (Phi) is 4.29. The zero-order valence-corrected chi connectivity index (χ0v) is 12.6. The summed E-state index contributed by atoms with van der Waals surface area (Å²) in [5.41, 5.74) is 3.28. The lowest BCUT2D eigenvalue weighted by atomic mass is 9.99. The fourth-order valence-corrected chi connectivity index (χ4v) is 2.44. The maximum absolute atomic E-state index is 5.37. The monoisotopic (exact) mass is 275 g/mol. The van der Waals surface area contributed by atoms with Gasteiger partial charge in [0.1, 0.15) is 0 Å². The molecule has 0 aliphatic heterocycles. The Morgan fingerprint density at radius 1 is 1.20 bits per heavy atom. The van der Waals surface area contributed by atoms with Gasteiger partial charge in [-0.1, -0.05) is 6.07 Å². The van der Waals surface area contributed by atoms with Crippen LogP contribution in [0.4, 0.5) is 0 Å². The van der Waals surface area contributed by atoms with Crippen molar-refractivity contribution < 1.29 is 9.47 Å². The summed E-state index contributed by atoms with van der Waals surface area (Å²) in [5.74, 6) is 1.46. The summed E-state index contributed by atoms with van der Waals surface area (Å²) in [6.07, 6.45) is 2.03. The molecule has 0 saturated heterocycles. The molecular formula is C15H21N3O2. The smallest absolute Gasteiger partial charge is 0.161 e. The van der Waals surface area contributed by atoms with Gasteiger partial charge in [0, 0.05) is 18.8 Å². The van der Waals surface area contributed by atoms with E-state index in [1.165, 1.54) is 0 Å². The minimum atomic E-state index is 0.0727. The number of ether oxygens (including phenoxy) is 2. The minimum absolute atomic E-state index is 0.0727. The molecule has 0 aliphatic rings. The molecule has 1 N–H and O–H groups in total. The summed E-state index contributed by atoms with van der Waals surface area (Å²) in [4.78, 5) is 0. The molecule has 0 bridgehead atoms. The first-order chi connectivity index (χ1) is 9.60. The molecule has 0 amide bonds. The zero-order valence-electron chi connectivity index (χ0n) is 12.6. The maximum atomic E-state index is 5.37. The summed E-state index contributed by atoms with van der Waals surface area (Å²) in [5, 5.41) is 7.73. The van der Waals surface area contributed by atoms with Gasteiger partial charge in [0.25, 0.3) is 0 Å². The molecule has 20 heavy (non-hydrogen) atoms. The van der Waals surface area contributed by atoms with Gasteiger partial charge in [0.15, 0.2) is 11.5 Å². The predicted octanol–water partition coefficient (Wildman–Crippen LogP) is 2.05. The van der Waals surface area contributed by atoms with Crippen molar-refractivity contribution in [2.24, 2.45) is 7.05 Å². The molecule has 2 aromatic rings. The standard InChI is InChI=1S/C15H21N3O2/c1-10-12(9-18(3)17-10)15(16-2)11-6-7-13(19-4)14(8-11)20-5/h6-9,15-16H,1-5H3. The molecule has 0 radical (unpaired) electrons. The Labute approximate surface area is 119 Å². The second kappa shape index (κ2) is 5.96. The Hall–Kier alpha value is -2.01. The number of methoxy groups -OCH3 is 2. The van der Waals surface area contributed by atoms with Crippen molar-refractivity contribution in [3.63, 3.8) is 0 Å². The fraction of sp³-hybridized carbons (Fsp3) is 0.400. The lowest BCUT2D eigenvalue weighted by molar-refractivity contribution is 0.354. The Balaban J connectivity index is 2.44. The highest BCUT2D eigenvalue weighted by Crippen LogP contribution is 2.32. The fourth-order valence-electron chi connectivity index (χ4n) is 2.44. The van der Waals surface area contributed by atoms with Crippen LogP contribution in [0.1, 0.15) is 22.9 Å². The highest BCUT2D eigenvalue weighted by Gasteiger charge is 2.18. The van der Waals surface area contributed by atoms with Gasteiger partial charge >= 0.3 is 0 Å². The third-order valence-corrected chi connectivity index (χ3v) is 3.39. The predicted molar refractivity (Wildman–Crippen MR) is 78.4 cm³/mol. The molecule has 108 valence electrons. The van der Waals surface area contributed by atoms with Crippen molar-refractivity contribution in [2.75, 3.05) is 21.3 Å². The van der Waals surface area contributed by atoms with Crippen molar-refractivity contribution in [3.05, 3.63) is 41.2 Å². The number of aromatic nitrogens is 2. The van der Waals surface area contributed by atoms with Gasteiger partial charge in [-0.15, -0.1) is 0 Å². The topological polar surface area (TPSA) is 48.3 Å². The van der Waals surface area contributed by atoms with E-state index < -0.39 is 0 Å². The van der Waals surface area contributed by atoms with Gasteiger partial charge in [0.2, 0.25) is 0 Å². The number of benzene rings is 1. The van der Waals surface area contributed by atoms with Gasteiger partial charge in [-0.3, -0.25) is 4.68 Å². The molecule has 5 heteroatoms. The van der Waals surface area contributed by atoms with Gasteiger partial charge in [-0.2, -0.15) is 5.10 Å². The molecule has 5 nitrogen and oxygen atoms in total. The number of nitrogens with zero attached hydrogens (tertiary/aromatic N) is 2. The van der Waals surface area contributed by atoms with Crippen LogP contribution in [0.3, 0.4) is 0 Å². The van der Waals surface area contributed by atoms with Crippen LogP contribution in [0.5, 0.6) is 11.5 Å². The van der Waals surface area contributed by atoms with Gasteiger partial charge < -0.3 is 14.8 Å². The van der Waals surface area contributed by atoms with Crippen LogP contribution in [-0.2, 0) is 7.05 Å². The third kappa shape index (κ3) is 2.63. The first kappa shape index (κ1) is 14.4. The van der Waals surface area contributed by atoms with Crippen LogP contribution in [0, 0.1) is 6.92 Å². The van der Waals surface area contributed by atoms with E-state index in [2.05, 4.69) is 10.4 Å². The number of rotatable bonds is 5. The number of hydrogen-bond donors (Lipinski definition) is 1. The number of aryl methyl sites for hydroxylation is 2. The first-order valence-electron chi connectivity index (χ1n) is 6.50. The second-order valence-electron chi connectivity index (χ2n) is 4.68. The summed E-state index contributed by atoms with van der Waals surface area (Å²) in [6.45, 7) is 2.01. The molecule has 1 heterocycles. The van der Waals surface area contributed by atoms with Gasteiger partial charge in [-0.25, -0.2) is 0 Å². The minimum Gasteiger partial charge on any atom is -0.493 e. The van der Waals surface area contributed by atoms with E-state index in [0.29, 0.717) is 0 Å². The van der Waals surface area contributed by atoms with E-state index in [-0.39, 0.29) is 6.04 Å². The van der Waals surface area contributed by atoms with Crippen molar-refractivity contribution in [2.45, 2.75) is 13.0 Å². The number of nitrogens with one attached hydrogen (secondary N) is 1. The quantitative estimate of drug-likeness (QED) is 0.907. The van der Waals surface area contributed by atoms with E-state index >= 15 is 0 Å². The molecule has 0 aliphatic carbocycles. The van der Waals surface area contributed by atoms with Crippen molar-refractivity contribution in [3.8, 4) is 11.5 Å². The summed E-state index contributed by atoms with van der Waals surface area (Å²) >= 11 is 0. The lowest BCUT2D eigenvalue weighted by Gasteiger charge is -2.18. The van der Waals surface area contributed by atoms with E-state index in [1.54, 1.807) is 14.2 Å². The molecule has 1 atom stereocenters. The normalized spacial score (nSPS) is 12.2. The SMILES string of the molecule is CNC(c1ccc(OC)c(OC)c1)c1cn(C)nc1C. The maximum Gasteiger partial charge on any atom is 0.161 e. The van der Waals surface area contributed by atoms with Crippen LogP contribution >= 0.6 is 0 Å². The Bertz CT molecular complexity index is 593. The summed E-state index contributed by atoms with van der Waals surface area (Å²) < 4.78 is 12.5. The average molecular weight is 275 g/mol. The summed E-state index contributed by atoms with van der Waals surface area (Å²) in [7, 11) is 7.15. The van der Waals surface area contributed by atoms with Crippen LogP contribution in [0.2, 0.25) is 0 Å². The van der Waals surface area contributed by atoms with Crippen LogP contribution in [-0.4, -0.2) is 31.0 Å². The highest BCUT2D eigenvalue weighted by atomic mass is 16.5. The van der Waals surface area contributed by atoms with Gasteiger partial charge in [-0.05, 0) is 31.7 Å². The molecule has 0 spiro atoms. The molecule has 1 aromatic heterocycles. The second-order valence-corrected chi connectivity index (χ2v) is 4.68. The molecule has 0 fully saturated rings. The Morgan fingerprint density at radius 2 is 1.90 bits per heavy atom. The van der Waals surface area contributed by atoms with E-state index in [0.717, 1.165) is 28.3 Å². The van der Waals surface area contributed by atoms with E-state index in [4.69, 9.17) is 9.47 Å². The van der Waals surface area contributed by atoms with E-state index in [9.17, 15) is 0 Å². The molecule has 1 aromatic carbocycles. The summed E-state index contributed by atoms with van der Waals surface area (Å²) in [6, 6.07) is 6.02. The largest absolute Gasteiger partial charge is 0.493 e.